The second-order valence-corrected chi connectivity index (χ2v) is 7.98. The molecule has 1 saturated heterocycles. The van der Waals surface area contributed by atoms with Gasteiger partial charge in [-0.2, -0.15) is 0 Å². The monoisotopic (exact) mass is 392 g/mol. The number of benzene rings is 1. The van der Waals surface area contributed by atoms with Crippen molar-refractivity contribution in [2.24, 2.45) is 11.8 Å². The standard InChI is InChI=1S/C20H25ClN2O4/c21-16-9-13(10-17-18(16)27-8-2-7-26-17)11-22-19(24)15-3-1-6-23(12-15)20(25)14-4-5-14/h9-10,14-15H,1-8,11-12H2,(H,22,24). The van der Waals surface area contributed by atoms with E-state index >= 15 is 0 Å². The van der Waals surface area contributed by atoms with Crippen LogP contribution in [0.5, 0.6) is 11.5 Å². The van der Waals surface area contributed by atoms with Crippen molar-refractivity contribution in [2.75, 3.05) is 26.3 Å². The highest BCUT2D eigenvalue weighted by Crippen LogP contribution is 2.38. The van der Waals surface area contributed by atoms with Crippen molar-refractivity contribution in [1.29, 1.82) is 0 Å². The van der Waals surface area contributed by atoms with Crippen molar-refractivity contribution in [3.05, 3.63) is 22.7 Å². The van der Waals surface area contributed by atoms with E-state index in [4.69, 9.17) is 21.1 Å². The van der Waals surface area contributed by atoms with Gasteiger partial charge in [0, 0.05) is 32.0 Å². The molecular formula is C20H25ClN2O4. The summed E-state index contributed by atoms with van der Waals surface area (Å²) >= 11 is 6.31. The normalized spacial score (nSPS) is 22.1. The average Bonchev–Trinajstić information content (AvgIpc) is 3.52. The number of fused-ring (bicyclic) bond motifs is 1. The van der Waals surface area contributed by atoms with Gasteiger partial charge in [-0.15, -0.1) is 0 Å². The molecule has 1 unspecified atom stereocenters. The van der Waals surface area contributed by atoms with E-state index in [-0.39, 0.29) is 23.7 Å². The number of halogens is 1. The third-order valence-electron chi connectivity index (χ3n) is 5.36. The lowest BCUT2D eigenvalue weighted by Crippen LogP contribution is -2.45. The van der Waals surface area contributed by atoms with Crippen molar-refractivity contribution in [1.82, 2.24) is 10.2 Å². The maximum Gasteiger partial charge on any atom is 0.225 e. The Hall–Kier alpha value is -1.95. The largest absolute Gasteiger partial charge is 0.489 e. The molecule has 1 aliphatic carbocycles. The van der Waals surface area contributed by atoms with Crippen molar-refractivity contribution in [3.63, 3.8) is 0 Å². The Kier molecular flexibility index (Phi) is 5.43. The van der Waals surface area contributed by atoms with Crippen molar-refractivity contribution in [3.8, 4) is 11.5 Å². The van der Waals surface area contributed by atoms with Gasteiger partial charge in [0.1, 0.15) is 0 Å². The molecule has 1 aromatic rings. The predicted octanol–water partition coefficient (Wildman–Crippen LogP) is 2.77. The summed E-state index contributed by atoms with van der Waals surface area (Å²) < 4.78 is 11.3. The van der Waals surface area contributed by atoms with Gasteiger partial charge in [-0.25, -0.2) is 0 Å². The maximum absolute atomic E-state index is 12.6. The minimum Gasteiger partial charge on any atom is -0.489 e. The second kappa shape index (κ2) is 7.97. The van der Waals surface area contributed by atoms with E-state index in [1.807, 2.05) is 11.0 Å². The van der Waals surface area contributed by atoms with E-state index in [1.165, 1.54) is 0 Å². The number of likely N-dealkylation sites (tertiary alicyclic amines) is 1. The van der Waals surface area contributed by atoms with Gasteiger partial charge in [0.25, 0.3) is 0 Å². The van der Waals surface area contributed by atoms with Gasteiger partial charge in [0.05, 0.1) is 24.2 Å². The van der Waals surface area contributed by atoms with E-state index in [9.17, 15) is 9.59 Å². The van der Waals surface area contributed by atoms with Crippen LogP contribution in [0.1, 0.15) is 37.7 Å². The number of hydrogen-bond donors (Lipinski definition) is 1. The first-order valence-electron chi connectivity index (χ1n) is 9.76. The summed E-state index contributed by atoms with van der Waals surface area (Å²) in [4.78, 5) is 26.8. The Morgan fingerprint density at radius 2 is 1.93 bits per heavy atom. The van der Waals surface area contributed by atoms with Crippen molar-refractivity contribution < 1.29 is 19.1 Å². The van der Waals surface area contributed by atoms with E-state index in [0.29, 0.717) is 42.8 Å². The summed E-state index contributed by atoms with van der Waals surface area (Å²) in [6, 6.07) is 3.68. The zero-order chi connectivity index (χ0) is 18.8. The van der Waals surface area contributed by atoms with Crippen molar-refractivity contribution in [2.45, 2.75) is 38.6 Å². The fourth-order valence-electron chi connectivity index (χ4n) is 3.70. The Morgan fingerprint density at radius 1 is 1.11 bits per heavy atom. The smallest absolute Gasteiger partial charge is 0.225 e. The molecule has 2 fully saturated rings. The maximum atomic E-state index is 12.6. The van der Waals surface area contributed by atoms with Crippen LogP contribution in [-0.4, -0.2) is 43.0 Å². The highest BCUT2D eigenvalue weighted by molar-refractivity contribution is 6.32. The van der Waals surface area contributed by atoms with Crippen LogP contribution < -0.4 is 14.8 Å². The number of carbonyl (C=O) groups excluding carboxylic acids is 2. The van der Waals surface area contributed by atoms with Crippen LogP contribution in [0.2, 0.25) is 5.02 Å². The lowest BCUT2D eigenvalue weighted by atomic mass is 9.96. The van der Waals surface area contributed by atoms with Gasteiger partial charge in [-0.1, -0.05) is 11.6 Å². The second-order valence-electron chi connectivity index (χ2n) is 7.57. The Morgan fingerprint density at radius 3 is 2.74 bits per heavy atom. The Balaban J connectivity index is 1.35. The molecule has 0 spiro atoms. The molecule has 1 N–H and O–H groups in total. The lowest BCUT2D eigenvalue weighted by Gasteiger charge is -2.32. The molecule has 0 aromatic heterocycles. The summed E-state index contributed by atoms with van der Waals surface area (Å²) in [5.74, 6) is 1.48. The zero-order valence-electron chi connectivity index (χ0n) is 15.3. The molecule has 7 heteroatoms. The summed E-state index contributed by atoms with van der Waals surface area (Å²) in [5, 5.41) is 3.49. The lowest BCUT2D eigenvalue weighted by molar-refractivity contribution is -0.136. The number of hydrogen-bond acceptors (Lipinski definition) is 4. The third-order valence-corrected chi connectivity index (χ3v) is 5.64. The number of ether oxygens (including phenoxy) is 2. The average molecular weight is 393 g/mol. The first kappa shape index (κ1) is 18.4. The number of rotatable bonds is 4. The minimum atomic E-state index is -0.141. The molecule has 2 amide bonds. The first-order valence-corrected chi connectivity index (χ1v) is 10.1. The summed E-state index contributed by atoms with van der Waals surface area (Å²) in [6.45, 7) is 2.86. The van der Waals surface area contributed by atoms with Gasteiger partial charge in [0.2, 0.25) is 11.8 Å². The van der Waals surface area contributed by atoms with Gasteiger partial charge in [-0.3, -0.25) is 9.59 Å². The van der Waals surface area contributed by atoms with Gasteiger partial charge in [0.15, 0.2) is 11.5 Å². The van der Waals surface area contributed by atoms with Crippen LogP contribution in [0.25, 0.3) is 0 Å². The topological polar surface area (TPSA) is 67.9 Å². The highest BCUT2D eigenvalue weighted by Gasteiger charge is 2.36. The van der Waals surface area contributed by atoms with Gasteiger partial charge >= 0.3 is 0 Å². The molecule has 1 aromatic carbocycles. The molecule has 1 atom stereocenters. The van der Waals surface area contributed by atoms with E-state index < -0.39 is 0 Å². The predicted molar refractivity (Wildman–Crippen MR) is 101 cm³/mol. The number of carbonyl (C=O) groups is 2. The fourth-order valence-corrected chi connectivity index (χ4v) is 3.99. The molecule has 1 saturated carbocycles. The highest BCUT2D eigenvalue weighted by atomic mass is 35.5. The molecule has 0 bridgehead atoms. The SMILES string of the molecule is O=C(NCc1cc(Cl)c2c(c1)OCCCO2)C1CCCN(C(=O)C2CC2)C1. The molecule has 27 heavy (non-hydrogen) atoms. The van der Waals surface area contributed by atoms with E-state index in [1.54, 1.807) is 6.07 Å². The van der Waals surface area contributed by atoms with Crippen LogP contribution >= 0.6 is 11.6 Å². The molecule has 2 aliphatic heterocycles. The summed E-state index contributed by atoms with van der Waals surface area (Å²) in [7, 11) is 0. The van der Waals surface area contributed by atoms with Crippen LogP contribution in [0.3, 0.4) is 0 Å². The van der Waals surface area contributed by atoms with Gasteiger partial charge < -0.3 is 19.7 Å². The fraction of sp³-hybridized carbons (Fsp3) is 0.600. The van der Waals surface area contributed by atoms with Crippen molar-refractivity contribution >= 4 is 23.4 Å². The van der Waals surface area contributed by atoms with E-state index in [0.717, 1.165) is 44.2 Å². The molecule has 3 aliphatic rings. The molecule has 2 heterocycles. The zero-order valence-corrected chi connectivity index (χ0v) is 16.1. The van der Waals surface area contributed by atoms with Gasteiger partial charge in [-0.05, 0) is 43.4 Å². The van der Waals surface area contributed by atoms with Crippen LogP contribution in [0.4, 0.5) is 0 Å². The quantitative estimate of drug-likeness (QED) is 0.855. The molecule has 0 radical (unpaired) electrons. The van der Waals surface area contributed by atoms with E-state index in [2.05, 4.69) is 5.32 Å². The molecule has 146 valence electrons. The Labute approximate surface area is 164 Å². The molecule has 6 nitrogen and oxygen atoms in total. The third kappa shape index (κ3) is 4.32. The minimum absolute atomic E-state index is 0.00784. The number of nitrogens with zero attached hydrogens (tertiary/aromatic N) is 1. The first-order chi connectivity index (χ1) is 13.1. The number of amides is 2. The summed E-state index contributed by atoms with van der Waals surface area (Å²) in [5.41, 5.74) is 0.874. The van der Waals surface area contributed by atoms with Crippen LogP contribution in [0, 0.1) is 11.8 Å². The number of piperidine rings is 1. The number of nitrogens with one attached hydrogen (secondary N) is 1. The molecular weight excluding hydrogens is 368 g/mol. The Bertz CT molecular complexity index is 735. The van der Waals surface area contributed by atoms with Crippen LogP contribution in [-0.2, 0) is 16.1 Å². The molecule has 4 rings (SSSR count). The summed E-state index contributed by atoms with van der Waals surface area (Å²) in [6.07, 6.45) is 4.51. The van der Waals surface area contributed by atoms with Crippen LogP contribution in [0.15, 0.2) is 12.1 Å².